The Kier molecular flexibility index (Phi) is 4.11. The van der Waals surface area contributed by atoms with Gasteiger partial charge in [0.15, 0.2) is 0 Å². The normalized spacial score (nSPS) is 12.4. The van der Waals surface area contributed by atoms with Crippen molar-refractivity contribution in [1.29, 1.82) is 0 Å². The summed E-state index contributed by atoms with van der Waals surface area (Å²) in [6, 6.07) is 10.9. The molecule has 0 spiro atoms. The van der Waals surface area contributed by atoms with Crippen LogP contribution in [0.3, 0.4) is 0 Å². The van der Waals surface area contributed by atoms with E-state index in [-0.39, 0.29) is 6.04 Å². The highest BCUT2D eigenvalue weighted by atomic mass is 14.9. The number of hydrogen-bond donors (Lipinski definition) is 1. The van der Waals surface area contributed by atoms with Crippen LogP contribution >= 0.6 is 0 Å². The Morgan fingerprint density at radius 1 is 1.11 bits per heavy atom. The van der Waals surface area contributed by atoms with Crippen LogP contribution < -0.4 is 5.32 Å². The maximum atomic E-state index is 4.09. The van der Waals surface area contributed by atoms with Crippen molar-refractivity contribution in [2.45, 2.75) is 26.8 Å². The molecule has 18 heavy (non-hydrogen) atoms. The van der Waals surface area contributed by atoms with Crippen LogP contribution in [0.2, 0.25) is 0 Å². The second-order valence-corrected chi connectivity index (χ2v) is 4.56. The number of nitrogens with one attached hydrogen (secondary N) is 1. The van der Waals surface area contributed by atoms with Gasteiger partial charge in [0, 0.05) is 12.4 Å². The molecule has 0 fully saturated rings. The Morgan fingerprint density at radius 2 is 1.83 bits per heavy atom. The smallest absolute Gasteiger partial charge is 0.0580 e. The van der Waals surface area contributed by atoms with Gasteiger partial charge in [-0.1, -0.05) is 25.1 Å². The third-order valence-electron chi connectivity index (χ3n) is 3.41. The fourth-order valence-corrected chi connectivity index (χ4v) is 2.25. The minimum Gasteiger partial charge on any atom is -0.307 e. The van der Waals surface area contributed by atoms with Crippen molar-refractivity contribution in [3.63, 3.8) is 0 Å². The predicted molar refractivity (Wildman–Crippen MR) is 75.7 cm³/mol. The average molecular weight is 240 g/mol. The summed E-state index contributed by atoms with van der Waals surface area (Å²) in [4.78, 5) is 4.09. The fraction of sp³-hybridized carbons (Fsp3) is 0.312. The lowest BCUT2D eigenvalue weighted by atomic mass is 9.93. The van der Waals surface area contributed by atoms with E-state index in [1.807, 2.05) is 12.4 Å². The van der Waals surface area contributed by atoms with E-state index in [2.05, 4.69) is 61.4 Å². The molecule has 0 aliphatic heterocycles. The zero-order chi connectivity index (χ0) is 13.0. The van der Waals surface area contributed by atoms with Gasteiger partial charge in [0.1, 0.15) is 0 Å². The summed E-state index contributed by atoms with van der Waals surface area (Å²) in [5.41, 5.74) is 5.31. The molecule has 1 atom stereocenters. The summed E-state index contributed by atoms with van der Waals surface area (Å²) < 4.78 is 0. The van der Waals surface area contributed by atoms with Crippen LogP contribution in [0, 0.1) is 13.8 Å². The van der Waals surface area contributed by atoms with E-state index in [1.54, 1.807) is 0 Å². The molecule has 0 saturated heterocycles. The Morgan fingerprint density at radius 3 is 2.50 bits per heavy atom. The number of aromatic nitrogens is 1. The number of hydrogen-bond acceptors (Lipinski definition) is 2. The van der Waals surface area contributed by atoms with Crippen molar-refractivity contribution < 1.29 is 0 Å². The number of rotatable bonds is 4. The van der Waals surface area contributed by atoms with Crippen LogP contribution in [0.4, 0.5) is 0 Å². The molecule has 1 N–H and O–H groups in total. The lowest BCUT2D eigenvalue weighted by Crippen LogP contribution is -2.23. The maximum absolute atomic E-state index is 4.09. The Balaban J connectivity index is 2.45. The van der Waals surface area contributed by atoms with E-state index < -0.39 is 0 Å². The SMILES string of the molecule is CCNC(c1ccncc1)c1cccc(C)c1C. The minimum absolute atomic E-state index is 0.248. The van der Waals surface area contributed by atoms with Gasteiger partial charge >= 0.3 is 0 Å². The first kappa shape index (κ1) is 12.8. The molecule has 0 aliphatic rings. The van der Waals surface area contributed by atoms with Crippen molar-refractivity contribution in [3.8, 4) is 0 Å². The van der Waals surface area contributed by atoms with E-state index in [0.717, 1.165) is 6.54 Å². The average Bonchev–Trinajstić information content (AvgIpc) is 2.41. The van der Waals surface area contributed by atoms with Crippen molar-refractivity contribution in [1.82, 2.24) is 10.3 Å². The summed E-state index contributed by atoms with van der Waals surface area (Å²) in [5, 5.41) is 3.56. The molecule has 0 radical (unpaired) electrons. The zero-order valence-corrected chi connectivity index (χ0v) is 11.3. The summed E-state index contributed by atoms with van der Waals surface area (Å²) in [6.45, 7) is 7.43. The molecule has 2 heteroatoms. The lowest BCUT2D eigenvalue weighted by Gasteiger charge is -2.21. The monoisotopic (exact) mass is 240 g/mol. The highest BCUT2D eigenvalue weighted by Gasteiger charge is 2.15. The first-order valence-corrected chi connectivity index (χ1v) is 6.43. The van der Waals surface area contributed by atoms with Crippen molar-refractivity contribution in [3.05, 3.63) is 65.0 Å². The molecule has 1 aromatic carbocycles. The van der Waals surface area contributed by atoms with Gasteiger partial charge in [-0.2, -0.15) is 0 Å². The van der Waals surface area contributed by atoms with Gasteiger partial charge in [0.2, 0.25) is 0 Å². The quantitative estimate of drug-likeness (QED) is 0.886. The van der Waals surface area contributed by atoms with Gasteiger partial charge in [-0.25, -0.2) is 0 Å². The highest BCUT2D eigenvalue weighted by molar-refractivity contribution is 5.40. The Bertz CT molecular complexity index is 506. The topological polar surface area (TPSA) is 24.9 Å². The molecular formula is C16H20N2. The van der Waals surface area contributed by atoms with Gasteiger partial charge in [-0.15, -0.1) is 0 Å². The van der Waals surface area contributed by atoms with Gasteiger partial charge in [-0.3, -0.25) is 4.98 Å². The summed E-state index contributed by atoms with van der Waals surface area (Å²) in [7, 11) is 0. The van der Waals surface area contributed by atoms with E-state index >= 15 is 0 Å². The van der Waals surface area contributed by atoms with Crippen LogP contribution in [-0.4, -0.2) is 11.5 Å². The molecule has 0 bridgehead atoms. The maximum Gasteiger partial charge on any atom is 0.0580 e. The first-order valence-electron chi connectivity index (χ1n) is 6.43. The van der Waals surface area contributed by atoms with E-state index in [1.165, 1.54) is 22.3 Å². The fourth-order valence-electron chi connectivity index (χ4n) is 2.25. The zero-order valence-electron chi connectivity index (χ0n) is 11.3. The first-order chi connectivity index (χ1) is 8.74. The van der Waals surface area contributed by atoms with Gasteiger partial charge in [0.05, 0.1) is 6.04 Å². The van der Waals surface area contributed by atoms with E-state index in [0.29, 0.717) is 0 Å². The molecule has 2 aromatic rings. The summed E-state index contributed by atoms with van der Waals surface area (Å²) in [5.74, 6) is 0. The van der Waals surface area contributed by atoms with Crippen molar-refractivity contribution in [2.75, 3.05) is 6.54 Å². The standard InChI is InChI=1S/C16H20N2/c1-4-18-16(14-8-10-17-11-9-14)15-7-5-6-12(2)13(15)3/h5-11,16,18H,4H2,1-3H3. The second-order valence-electron chi connectivity index (χ2n) is 4.56. The Hall–Kier alpha value is -1.67. The summed E-state index contributed by atoms with van der Waals surface area (Å²) in [6.07, 6.45) is 3.70. The van der Waals surface area contributed by atoms with Crippen molar-refractivity contribution in [2.24, 2.45) is 0 Å². The third-order valence-corrected chi connectivity index (χ3v) is 3.41. The van der Waals surface area contributed by atoms with Crippen LogP contribution in [0.15, 0.2) is 42.7 Å². The molecule has 1 heterocycles. The van der Waals surface area contributed by atoms with Gasteiger partial charge in [0.25, 0.3) is 0 Å². The molecule has 0 saturated carbocycles. The third kappa shape index (κ3) is 2.59. The molecule has 94 valence electrons. The molecule has 0 amide bonds. The molecule has 2 nitrogen and oxygen atoms in total. The van der Waals surface area contributed by atoms with Crippen LogP contribution in [-0.2, 0) is 0 Å². The summed E-state index contributed by atoms with van der Waals surface area (Å²) >= 11 is 0. The minimum atomic E-state index is 0.248. The van der Waals surface area contributed by atoms with E-state index in [9.17, 15) is 0 Å². The number of nitrogens with zero attached hydrogens (tertiary/aromatic N) is 1. The van der Waals surface area contributed by atoms with Crippen LogP contribution in [0.5, 0.6) is 0 Å². The molecule has 1 unspecified atom stereocenters. The molecule has 2 rings (SSSR count). The predicted octanol–water partition coefficient (Wildman–Crippen LogP) is 3.40. The van der Waals surface area contributed by atoms with Crippen LogP contribution in [0.1, 0.15) is 35.2 Å². The van der Waals surface area contributed by atoms with E-state index in [4.69, 9.17) is 0 Å². The lowest BCUT2D eigenvalue weighted by molar-refractivity contribution is 0.626. The second kappa shape index (κ2) is 5.78. The number of benzene rings is 1. The van der Waals surface area contributed by atoms with Crippen LogP contribution in [0.25, 0.3) is 0 Å². The molecule has 0 aliphatic carbocycles. The van der Waals surface area contributed by atoms with Gasteiger partial charge < -0.3 is 5.32 Å². The highest BCUT2D eigenvalue weighted by Crippen LogP contribution is 2.26. The molecular weight excluding hydrogens is 220 g/mol. The number of aryl methyl sites for hydroxylation is 1. The largest absolute Gasteiger partial charge is 0.307 e. The Labute approximate surface area is 109 Å². The number of pyridine rings is 1. The van der Waals surface area contributed by atoms with Crippen molar-refractivity contribution >= 4 is 0 Å². The molecule has 1 aromatic heterocycles. The van der Waals surface area contributed by atoms with Gasteiger partial charge in [-0.05, 0) is 54.8 Å².